The molecule has 1 aromatic heterocycles. The highest BCUT2D eigenvalue weighted by Crippen LogP contribution is 2.25. The lowest BCUT2D eigenvalue weighted by molar-refractivity contribution is -0.0566. The van der Waals surface area contributed by atoms with E-state index in [2.05, 4.69) is 4.72 Å². The zero-order valence-corrected chi connectivity index (χ0v) is 13.6. The van der Waals surface area contributed by atoms with E-state index in [1.807, 2.05) is 13.0 Å². The first-order valence-electron chi connectivity index (χ1n) is 6.92. The summed E-state index contributed by atoms with van der Waals surface area (Å²) in [5, 5.41) is 8.87. The molecule has 0 aliphatic carbocycles. The normalized spacial score (nSPS) is 22.8. The summed E-state index contributed by atoms with van der Waals surface area (Å²) in [6.45, 7) is 3.08. The third-order valence-electron chi connectivity index (χ3n) is 3.40. The van der Waals surface area contributed by atoms with Gasteiger partial charge >= 0.3 is 0 Å². The zero-order valence-electron chi connectivity index (χ0n) is 12.0. The van der Waals surface area contributed by atoms with Gasteiger partial charge in [-0.3, -0.25) is 0 Å². The molecule has 8 heteroatoms. The van der Waals surface area contributed by atoms with E-state index in [1.165, 1.54) is 11.3 Å². The second-order valence-corrected chi connectivity index (χ2v) is 8.12. The molecule has 0 saturated carbocycles. The molecule has 0 spiro atoms. The van der Waals surface area contributed by atoms with Crippen molar-refractivity contribution in [2.45, 2.75) is 29.6 Å². The first-order valence-corrected chi connectivity index (χ1v) is 9.22. The summed E-state index contributed by atoms with van der Waals surface area (Å²) in [5.74, 6) is 0. The fourth-order valence-electron chi connectivity index (χ4n) is 2.15. The predicted molar refractivity (Wildman–Crippen MR) is 80.1 cm³/mol. The second kappa shape index (κ2) is 7.17. The Hall–Kier alpha value is -0.510. The minimum atomic E-state index is -3.53. The van der Waals surface area contributed by atoms with Gasteiger partial charge in [-0.15, -0.1) is 11.3 Å². The van der Waals surface area contributed by atoms with Gasteiger partial charge in [-0.25, -0.2) is 13.1 Å². The molecular formula is C13H21NO5S2. The monoisotopic (exact) mass is 335 g/mol. The van der Waals surface area contributed by atoms with Crippen LogP contribution in [0.2, 0.25) is 0 Å². The number of rotatable bonds is 8. The van der Waals surface area contributed by atoms with E-state index in [0.717, 1.165) is 11.3 Å². The average molecular weight is 335 g/mol. The van der Waals surface area contributed by atoms with Crippen molar-refractivity contribution >= 4 is 21.4 Å². The molecule has 2 heterocycles. The lowest BCUT2D eigenvalue weighted by Gasteiger charge is -2.27. The van der Waals surface area contributed by atoms with Gasteiger partial charge < -0.3 is 14.6 Å². The van der Waals surface area contributed by atoms with Crippen molar-refractivity contribution in [1.29, 1.82) is 0 Å². The molecular weight excluding hydrogens is 314 g/mol. The molecule has 2 N–H and O–H groups in total. The Morgan fingerprint density at radius 1 is 1.52 bits per heavy atom. The van der Waals surface area contributed by atoms with Crippen LogP contribution < -0.4 is 4.72 Å². The number of sulfonamides is 1. The van der Waals surface area contributed by atoms with Gasteiger partial charge in [-0.05, 0) is 18.6 Å². The van der Waals surface area contributed by atoms with Crippen LogP contribution >= 0.6 is 11.3 Å². The second-order valence-electron chi connectivity index (χ2n) is 4.96. The van der Waals surface area contributed by atoms with Gasteiger partial charge in [0.05, 0.1) is 19.8 Å². The molecule has 6 nitrogen and oxygen atoms in total. The number of nitrogens with one attached hydrogen (secondary N) is 1. The highest BCUT2D eigenvalue weighted by Gasteiger charge is 2.37. The van der Waals surface area contributed by atoms with Gasteiger partial charge in [-0.2, -0.15) is 0 Å². The minimum absolute atomic E-state index is 0.0979. The average Bonchev–Trinajstić information content (AvgIpc) is 3.13. The summed E-state index contributed by atoms with van der Waals surface area (Å²) in [4.78, 5) is 1.03. The van der Waals surface area contributed by atoms with E-state index >= 15 is 0 Å². The summed E-state index contributed by atoms with van der Waals surface area (Å²) in [6, 6.07) is 3.45. The van der Waals surface area contributed by atoms with Crippen LogP contribution in [0, 0.1) is 0 Å². The van der Waals surface area contributed by atoms with Crippen molar-refractivity contribution < 1.29 is 23.0 Å². The van der Waals surface area contributed by atoms with Crippen molar-refractivity contribution in [2.24, 2.45) is 0 Å². The van der Waals surface area contributed by atoms with Gasteiger partial charge in [0.15, 0.2) is 0 Å². The number of aryl methyl sites for hydroxylation is 1. The number of hydrogen-bond donors (Lipinski definition) is 2. The quantitative estimate of drug-likeness (QED) is 0.732. The van der Waals surface area contributed by atoms with Gasteiger partial charge in [0, 0.05) is 24.4 Å². The van der Waals surface area contributed by atoms with Crippen LogP contribution in [0.1, 0.15) is 18.2 Å². The minimum Gasteiger partial charge on any atom is -0.394 e. The Labute approximate surface area is 129 Å². The summed E-state index contributed by atoms with van der Waals surface area (Å²) in [7, 11) is -3.53. The Kier molecular flexibility index (Phi) is 5.75. The lowest BCUT2D eigenvalue weighted by atomic mass is 10.0. The molecule has 120 valence electrons. The third kappa shape index (κ3) is 4.24. The largest absolute Gasteiger partial charge is 0.394 e. The van der Waals surface area contributed by atoms with E-state index in [1.54, 1.807) is 6.07 Å². The van der Waals surface area contributed by atoms with Crippen molar-refractivity contribution in [3.8, 4) is 0 Å². The fraction of sp³-hybridized carbons (Fsp3) is 0.692. The highest BCUT2D eigenvalue weighted by molar-refractivity contribution is 7.91. The molecule has 0 bridgehead atoms. The van der Waals surface area contributed by atoms with Crippen molar-refractivity contribution in [3.05, 3.63) is 17.0 Å². The zero-order chi connectivity index (χ0) is 15.3. The van der Waals surface area contributed by atoms with E-state index in [4.69, 9.17) is 14.6 Å². The van der Waals surface area contributed by atoms with Crippen LogP contribution in [0.5, 0.6) is 0 Å². The molecule has 1 fully saturated rings. The van der Waals surface area contributed by atoms with E-state index < -0.39 is 15.6 Å². The van der Waals surface area contributed by atoms with Crippen LogP contribution in [0.15, 0.2) is 16.3 Å². The third-order valence-corrected chi connectivity index (χ3v) is 6.52. The summed E-state index contributed by atoms with van der Waals surface area (Å²) < 4.78 is 38.4. The molecule has 0 radical (unpaired) electrons. The van der Waals surface area contributed by atoms with Crippen molar-refractivity contribution in [1.82, 2.24) is 4.72 Å². The molecule has 0 amide bonds. The SMILES string of the molecule is CCc1ccc(S(=O)(=O)NCC2(OCCO)CCOC2)s1. The molecule has 21 heavy (non-hydrogen) atoms. The number of aliphatic hydroxyl groups excluding tert-OH is 1. The molecule has 2 rings (SSSR count). The first-order chi connectivity index (χ1) is 10.0. The summed E-state index contributed by atoms with van der Waals surface area (Å²) in [6.07, 6.45) is 1.43. The maximum absolute atomic E-state index is 12.3. The van der Waals surface area contributed by atoms with Crippen LogP contribution in [0.3, 0.4) is 0 Å². The summed E-state index contributed by atoms with van der Waals surface area (Å²) >= 11 is 1.28. The molecule has 1 aromatic rings. The standard InChI is InChI=1S/C13H21NO5S2/c1-2-11-3-4-12(20-11)21(16,17)14-9-13(19-8-6-15)5-7-18-10-13/h3-4,14-15H,2,5-10H2,1H3. The Balaban J connectivity index is 2.02. The highest BCUT2D eigenvalue weighted by atomic mass is 32.2. The Bertz CT molecular complexity index is 549. The Morgan fingerprint density at radius 3 is 2.90 bits per heavy atom. The van der Waals surface area contributed by atoms with E-state index in [-0.39, 0.29) is 19.8 Å². The van der Waals surface area contributed by atoms with Crippen LogP contribution in [0.25, 0.3) is 0 Å². The van der Waals surface area contributed by atoms with E-state index in [9.17, 15) is 8.42 Å². The van der Waals surface area contributed by atoms with Crippen LogP contribution in [-0.2, 0) is 25.9 Å². The number of thiophene rings is 1. The predicted octanol–water partition coefficient (Wildman–Crippen LogP) is 0.757. The number of ether oxygens (including phenoxy) is 2. The molecule has 1 aliphatic heterocycles. The van der Waals surface area contributed by atoms with Gasteiger partial charge in [0.25, 0.3) is 0 Å². The maximum Gasteiger partial charge on any atom is 0.250 e. The smallest absolute Gasteiger partial charge is 0.250 e. The topological polar surface area (TPSA) is 84.9 Å². The Morgan fingerprint density at radius 2 is 2.33 bits per heavy atom. The number of aliphatic hydroxyl groups is 1. The van der Waals surface area contributed by atoms with Crippen LogP contribution in [0.4, 0.5) is 0 Å². The molecule has 1 aliphatic rings. The van der Waals surface area contributed by atoms with E-state index in [0.29, 0.717) is 23.8 Å². The van der Waals surface area contributed by atoms with Gasteiger partial charge in [-0.1, -0.05) is 6.92 Å². The maximum atomic E-state index is 12.3. The van der Waals surface area contributed by atoms with Crippen LogP contribution in [-0.4, -0.2) is 52.1 Å². The van der Waals surface area contributed by atoms with Crippen molar-refractivity contribution in [2.75, 3.05) is 33.0 Å². The fourth-order valence-corrected chi connectivity index (χ4v) is 4.60. The number of hydrogen-bond acceptors (Lipinski definition) is 6. The van der Waals surface area contributed by atoms with Gasteiger partial charge in [0.2, 0.25) is 10.0 Å². The van der Waals surface area contributed by atoms with Gasteiger partial charge in [0.1, 0.15) is 9.81 Å². The van der Waals surface area contributed by atoms with Crippen molar-refractivity contribution in [3.63, 3.8) is 0 Å². The lowest BCUT2D eigenvalue weighted by Crippen LogP contribution is -2.46. The summed E-state index contributed by atoms with van der Waals surface area (Å²) in [5.41, 5.74) is -0.680. The molecule has 0 aromatic carbocycles. The molecule has 1 atom stereocenters. The molecule has 1 unspecified atom stereocenters. The first kappa shape index (κ1) is 16.9. The molecule has 1 saturated heterocycles.